The zero-order valence-electron chi connectivity index (χ0n) is 12.0. The van der Waals surface area contributed by atoms with E-state index in [-0.39, 0.29) is 0 Å². The van der Waals surface area contributed by atoms with Crippen LogP contribution in [0.3, 0.4) is 0 Å². The lowest BCUT2D eigenvalue weighted by Crippen LogP contribution is -2.17. The fraction of sp³-hybridized carbons (Fsp3) is 0.588. The van der Waals surface area contributed by atoms with E-state index in [1.807, 2.05) is 24.3 Å². The van der Waals surface area contributed by atoms with Crippen molar-refractivity contribution in [3.8, 4) is 0 Å². The molecular formula is C17H26O. The highest BCUT2D eigenvalue weighted by Crippen LogP contribution is 2.26. The minimum Gasteiger partial charge on any atom is -0.294 e. The van der Waals surface area contributed by atoms with Crippen LogP contribution in [0.15, 0.2) is 24.3 Å². The van der Waals surface area contributed by atoms with Gasteiger partial charge in [-0.25, -0.2) is 0 Å². The molecule has 0 aromatic heterocycles. The fourth-order valence-electron chi connectivity index (χ4n) is 2.32. The number of ketones is 1. The van der Waals surface area contributed by atoms with Crippen LogP contribution in [0.25, 0.3) is 0 Å². The Bertz CT molecular complexity index is 344. The van der Waals surface area contributed by atoms with Gasteiger partial charge in [-0.05, 0) is 19.8 Å². The molecule has 1 aliphatic rings. The summed E-state index contributed by atoms with van der Waals surface area (Å²) in [4.78, 5) is 12.1. The number of carbonyl (C=O) groups is 1. The van der Waals surface area contributed by atoms with Crippen molar-refractivity contribution in [2.75, 3.05) is 0 Å². The molecule has 0 bridgehead atoms. The summed E-state index contributed by atoms with van der Waals surface area (Å²) in [5.74, 6) is 0.649. The number of aryl methyl sites for hydroxylation is 1. The lowest BCUT2D eigenvalue weighted by atomic mass is 9.84. The van der Waals surface area contributed by atoms with Crippen molar-refractivity contribution in [3.63, 3.8) is 0 Å². The van der Waals surface area contributed by atoms with Gasteiger partial charge in [-0.3, -0.25) is 4.79 Å². The minimum absolute atomic E-state index is 0.293. The maximum absolute atomic E-state index is 12.1. The van der Waals surface area contributed by atoms with Gasteiger partial charge in [0.15, 0.2) is 5.78 Å². The molecule has 1 heteroatoms. The van der Waals surface area contributed by atoms with Gasteiger partial charge in [0, 0.05) is 11.5 Å². The fourth-order valence-corrected chi connectivity index (χ4v) is 2.32. The van der Waals surface area contributed by atoms with Crippen LogP contribution in [0.5, 0.6) is 0 Å². The van der Waals surface area contributed by atoms with E-state index in [0.717, 1.165) is 18.4 Å². The van der Waals surface area contributed by atoms with Gasteiger partial charge < -0.3 is 0 Å². The number of rotatable bonds is 2. The summed E-state index contributed by atoms with van der Waals surface area (Å²) in [6, 6.07) is 7.98. The molecule has 0 aliphatic heterocycles. The van der Waals surface area contributed by atoms with Gasteiger partial charge in [-0.2, -0.15) is 0 Å². The molecule has 0 saturated heterocycles. The van der Waals surface area contributed by atoms with E-state index in [1.54, 1.807) is 0 Å². The third kappa shape index (κ3) is 4.64. The van der Waals surface area contributed by atoms with Crippen molar-refractivity contribution in [1.29, 1.82) is 0 Å². The quantitative estimate of drug-likeness (QED) is 0.657. The summed E-state index contributed by atoms with van der Waals surface area (Å²) >= 11 is 0. The number of benzene rings is 1. The third-order valence-electron chi connectivity index (χ3n) is 3.31. The lowest BCUT2D eigenvalue weighted by molar-refractivity contribution is 0.0889. The molecule has 1 aromatic rings. The van der Waals surface area contributed by atoms with Gasteiger partial charge in [0.2, 0.25) is 0 Å². The maximum Gasteiger partial charge on any atom is 0.165 e. The maximum atomic E-state index is 12.1. The molecule has 100 valence electrons. The molecule has 1 saturated carbocycles. The number of hydrogen-bond acceptors (Lipinski definition) is 1. The van der Waals surface area contributed by atoms with Crippen molar-refractivity contribution < 1.29 is 4.79 Å². The van der Waals surface area contributed by atoms with Crippen LogP contribution in [-0.4, -0.2) is 5.78 Å². The standard InChI is InChI=1S/C14H18O.C3H8/c1-11-7-9-13(10-8-11)14(15)12-5-3-2-4-6-12;1-3-2/h7-10,12H,2-6H2,1H3;3H2,1-2H3. The molecule has 18 heavy (non-hydrogen) atoms. The number of carbonyl (C=O) groups excluding carboxylic acids is 1. The summed E-state index contributed by atoms with van der Waals surface area (Å²) < 4.78 is 0. The predicted molar refractivity (Wildman–Crippen MR) is 78.0 cm³/mol. The molecule has 0 amide bonds. The van der Waals surface area contributed by atoms with E-state index in [2.05, 4.69) is 20.8 Å². The van der Waals surface area contributed by atoms with Crippen LogP contribution in [-0.2, 0) is 0 Å². The van der Waals surface area contributed by atoms with E-state index >= 15 is 0 Å². The largest absolute Gasteiger partial charge is 0.294 e. The first-order valence-corrected chi connectivity index (χ1v) is 7.29. The van der Waals surface area contributed by atoms with Crippen LogP contribution in [0.4, 0.5) is 0 Å². The summed E-state index contributed by atoms with van der Waals surface area (Å²) in [6.07, 6.45) is 7.18. The molecule has 1 fully saturated rings. The van der Waals surface area contributed by atoms with Gasteiger partial charge in [0.1, 0.15) is 0 Å². The molecule has 0 spiro atoms. The second-order valence-corrected chi connectivity index (χ2v) is 5.27. The second-order valence-electron chi connectivity index (χ2n) is 5.27. The predicted octanol–water partition coefficient (Wildman–Crippen LogP) is 5.17. The third-order valence-corrected chi connectivity index (χ3v) is 3.31. The first-order valence-electron chi connectivity index (χ1n) is 7.29. The van der Waals surface area contributed by atoms with E-state index in [0.29, 0.717) is 11.7 Å². The molecule has 1 aromatic carbocycles. The summed E-state index contributed by atoms with van der Waals surface area (Å²) in [5.41, 5.74) is 2.11. The van der Waals surface area contributed by atoms with E-state index < -0.39 is 0 Å². The Balaban J connectivity index is 0.000000492. The van der Waals surface area contributed by atoms with Crippen molar-refractivity contribution in [2.24, 2.45) is 5.92 Å². The van der Waals surface area contributed by atoms with Crippen LogP contribution >= 0.6 is 0 Å². The number of hydrogen-bond donors (Lipinski definition) is 0. The molecule has 0 unspecified atom stereocenters. The number of Topliss-reactive ketones (excluding diaryl/α,β-unsaturated/α-hetero) is 1. The van der Waals surface area contributed by atoms with E-state index in [4.69, 9.17) is 0 Å². The zero-order chi connectivity index (χ0) is 13.4. The van der Waals surface area contributed by atoms with Crippen LogP contribution < -0.4 is 0 Å². The summed E-state index contributed by atoms with van der Waals surface area (Å²) in [5, 5.41) is 0. The topological polar surface area (TPSA) is 17.1 Å². The Hall–Kier alpha value is -1.11. The molecule has 0 N–H and O–H groups in total. The Morgan fingerprint density at radius 1 is 1.06 bits per heavy atom. The van der Waals surface area contributed by atoms with E-state index in [9.17, 15) is 4.79 Å². The highest BCUT2D eigenvalue weighted by Gasteiger charge is 2.21. The van der Waals surface area contributed by atoms with Crippen molar-refractivity contribution in [3.05, 3.63) is 35.4 Å². The Morgan fingerprint density at radius 3 is 2.06 bits per heavy atom. The molecule has 0 radical (unpaired) electrons. The van der Waals surface area contributed by atoms with Crippen molar-refractivity contribution in [1.82, 2.24) is 0 Å². The molecule has 2 rings (SSSR count). The van der Waals surface area contributed by atoms with Crippen LogP contribution in [0.2, 0.25) is 0 Å². The highest BCUT2D eigenvalue weighted by atomic mass is 16.1. The van der Waals surface area contributed by atoms with E-state index in [1.165, 1.54) is 31.2 Å². The van der Waals surface area contributed by atoms with Crippen molar-refractivity contribution >= 4 is 5.78 Å². The second kappa shape index (κ2) is 8.07. The average molecular weight is 246 g/mol. The van der Waals surface area contributed by atoms with Crippen LogP contribution in [0, 0.1) is 12.8 Å². The first kappa shape index (κ1) is 14.9. The summed E-state index contributed by atoms with van der Waals surface area (Å²) in [6.45, 7) is 6.30. The van der Waals surface area contributed by atoms with Crippen LogP contribution in [0.1, 0.15) is 68.3 Å². The molecule has 1 nitrogen and oxygen atoms in total. The summed E-state index contributed by atoms with van der Waals surface area (Å²) in [7, 11) is 0. The van der Waals surface area contributed by atoms with Crippen molar-refractivity contribution in [2.45, 2.75) is 59.3 Å². The van der Waals surface area contributed by atoms with Gasteiger partial charge in [0.05, 0.1) is 0 Å². The highest BCUT2D eigenvalue weighted by molar-refractivity contribution is 5.97. The normalized spacial score (nSPS) is 15.7. The molecule has 0 heterocycles. The van der Waals surface area contributed by atoms with Gasteiger partial charge in [0.25, 0.3) is 0 Å². The smallest absolute Gasteiger partial charge is 0.165 e. The van der Waals surface area contributed by atoms with Gasteiger partial charge in [-0.15, -0.1) is 0 Å². The van der Waals surface area contributed by atoms with Gasteiger partial charge in [-0.1, -0.05) is 69.4 Å². The van der Waals surface area contributed by atoms with Gasteiger partial charge >= 0.3 is 0 Å². The average Bonchev–Trinajstić information content (AvgIpc) is 2.41. The minimum atomic E-state index is 0.293. The Kier molecular flexibility index (Phi) is 6.70. The Labute approximate surface area is 112 Å². The molecule has 0 atom stereocenters. The zero-order valence-corrected chi connectivity index (χ0v) is 12.0. The lowest BCUT2D eigenvalue weighted by Gasteiger charge is -2.20. The Morgan fingerprint density at radius 2 is 1.56 bits per heavy atom. The molecular weight excluding hydrogens is 220 g/mol. The monoisotopic (exact) mass is 246 g/mol. The SMILES string of the molecule is CCC.Cc1ccc(C(=O)C2CCCCC2)cc1. The first-order chi connectivity index (χ1) is 8.69. The molecule has 1 aliphatic carbocycles.